The molecule has 0 radical (unpaired) electrons. The Morgan fingerprint density at radius 1 is 1.19 bits per heavy atom. The summed E-state index contributed by atoms with van der Waals surface area (Å²) in [6.07, 6.45) is 2.80. The highest BCUT2D eigenvalue weighted by molar-refractivity contribution is 6.33. The Morgan fingerprint density at radius 2 is 1.96 bits per heavy atom. The number of amides is 2. The number of hydrogen-bond donors (Lipinski definition) is 1. The molecule has 1 aliphatic heterocycles. The maximum atomic E-state index is 12.3. The summed E-state index contributed by atoms with van der Waals surface area (Å²) in [5.74, 6) is 0.264. The third-order valence-corrected chi connectivity index (χ3v) is 4.65. The molecule has 2 aromatic rings. The fourth-order valence-corrected chi connectivity index (χ4v) is 3.30. The Hall–Kier alpha value is -2.47. The Balaban J connectivity index is 1.60. The summed E-state index contributed by atoms with van der Waals surface area (Å²) >= 11 is 6.41. The monoisotopic (exact) mass is 375 g/mol. The van der Waals surface area contributed by atoms with Crippen LogP contribution in [0.4, 0.5) is 11.4 Å². The lowest BCUT2D eigenvalue weighted by Crippen LogP contribution is -2.48. The smallest absolute Gasteiger partial charge is 0.289 e. The van der Waals surface area contributed by atoms with Crippen LogP contribution in [0.2, 0.25) is 5.02 Å². The molecule has 1 N–H and O–H groups in total. The van der Waals surface area contributed by atoms with Crippen molar-refractivity contribution in [2.24, 2.45) is 0 Å². The van der Waals surface area contributed by atoms with Crippen LogP contribution in [0.25, 0.3) is 0 Å². The first-order valence-electron chi connectivity index (χ1n) is 8.75. The van der Waals surface area contributed by atoms with Crippen LogP contribution in [0.15, 0.2) is 41.0 Å². The molecule has 0 atom stereocenters. The normalized spacial score (nSPS) is 14.4. The summed E-state index contributed by atoms with van der Waals surface area (Å²) in [6.45, 7) is 4.54. The van der Waals surface area contributed by atoms with Crippen LogP contribution in [-0.2, 0) is 4.79 Å². The zero-order valence-electron chi connectivity index (χ0n) is 14.7. The minimum Gasteiger partial charge on any atom is -0.459 e. The van der Waals surface area contributed by atoms with Gasteiger partial charge in [-0.2, -0.15) is 0 Å². The molecule has 0 bridgehead atoms. The molecular formula is C19H22ClN3O3. The molecule has 0 unspecified atom stereocenters. The van der Waals surface area contributed by atoms with Gasteiger partial charge in [0.1, 0.15) is 0 Å². The Morgan fingerprint density at radius 3 is 2.58 bits per heavy atom. The number of anilines is 2. The fourth-order valence-electron chi connectivity index (χ4n) is 3.00. The number of nitrogens with one attached hydrogen (secondary N) is 1. The molecule has 7 heteroatoms. The van der Waals surface area contributed by atoms with Crippen LogP contribution < -0.4 is 10.2 Å². The van der Waals surface area contributed by atoms with E-state index in [2.05, 4.69) is 10.2 Å². The molecule has 6 nitrogen and oxygen atoms in total. The maximum absolute atomic E-state index is 12.3. The molecule has 3 rings (SSSR count). The number of rotatable bonds is 5. The lowest BCUT2D eigenvalue weighted by atomic mass is 10.2. The van der Waals surface area contributed by atoms with E-state index >= 15 is 0 Å². The van der Waals surface area contributed by atoms with Crippen molar-refractivity contribution in [3.63, 3.8) is 0 Å². The number of carbonyl (C=O) groups excluding carboxylic acids is 2. The Labute approximate surface area is 157 Å². The van der Waals surface area contributed by atoms with Crippen molar-refractivity contribution in [3.05, 3.63) is 47.4 Å². The third-order valence-electron chi connectivity index (χ3n) is 4.35. The molecule has 2 amide bonds. The van der Waals surface area contributed by atoms with Crippen molar-refractivity contribution in [1.82, 2.24) is 4.90 Å². The second kappa shape index (κ2) is 8.27. The average molecular weight is 376 g/mol. The number of carbonyl (C=O) groups is 2. The van der Waals surface area contributed by atoms with E-state index in [1.165, 1.54) is 6.26 Å². The van der Waals surface area contributed by atoms with Gasteiger partial charge in [0.2, 0.25) is 5.91 Å². The second-order valence-electron chi connectivity index (χ2n) is 6.22. The number of nitrogens with zero attached hydrogens (tertiary/aromatic N) is 2. The molecule has 26 heavy (non-hydrogen) atoms. The van der Waals surface area contributed by atoms with Crippen LogP contribution in [0, 0.1) is 0 Å². The topological polar surface area (TPSA) is 65.8 Å². The van der Waals surface area contributed by atoms with E-state index in [9.17, 15) is 9.59 Å². The Bertz CT molecular complexity index is 768. The first-order chi connectivity index (χ1) is 12.6. The van der Waals surface area contributed by atoms with Crippen molar-refractivity contribution in [2.75, 3.05) is 36.4 Å². The van der Waals surface area contributed by atoms with E-state index in [0.717, 1.165) is 12.1 Å². The lowest BCUT2D eigenvalue weighted by molar-refractivity contribution is -0.116. The van der Waals surface area contributed by atoms with Gasteiger partial charge in [-0.15, -0.1) is 0 Å². The second-order valence-corrected chi connectivity index (χ2v) is 6.63. The van der Waals surface area contributed by atoms with Crippen molar-refractivity contribution >= 4 is 34.8 Å². The maximum Gasteiger partial charge on any atom is 0.289 e. The largest absolute Gasteiger partial charge is 0.459 e. The van der Waals surface area contributed by atoms with Crippen LogP contribution in [0.1, 0.15) is 30.3 Å². The van der Waals surface area contributed by atoms with Gasteiger partial charge in [-0.25, -0.2) is 0 Å². The van der Waals surface area contributed by atoms with Gasteiger partial charge in [-0.1, -0.05) is 18.5 Å². The van der Waals surface area contributed by atoms with Gasteiger partial charge in [0.15, 0.2) is 5.76 Å². The van der Waals surface area contributed by atoms with Gasteiger partial charge < -0.3 is 19.5 Å². The van der Waals surface area contributed by atoms with Crippen molar-refractivity contribution < 1.29 is 14.0 Å². The number of hydrogen-bond acceptors (Lipinski definition) is 4. The number of benzene rings is 1. The van der Waals surface area contributed by atoms with Crippen molar-refractivity contribution in [1.29, 1.82) is 0 Å². The molecule has 0 aliphatic carbocycles. The number of piperazine rings is 1. The van der Waals surface area contributed by atoms with Crippen molar-refractivity contribution in [2.45, 2.75) is 19.8 Å². The molecule has 1 saturated heterocycles. The summed E-state index contributed by atoms with van der Waals surface area (Å²) in [5, 5.41) is 3.43. The first kappa shape index (κ1) is 18.3. The predicted molar refractivity (Wildman–Crippen MR) is 102 cm³/mol. The quantitative estimate of drug-likeness (QED) is 0.866. The fraction of sp³-hybridized carbons (Fsp3) is 0.368. The lowest BCUT2D eigenvalue weighted by Gasteiger charge is -2.36. The van der Waals surface area contributed by atoms with Gasteiger partial charge in [-0.05, 0) is 36.8 Å². The summed E-state index contributed by atoms with van der Waals surface area (Å²) in [5.41, 5.74) is 1.61. The zero-order chi connectivity index (χ0) is 18.5. The molecule has 0 spiro atoms. The highest BCUT2D eigenvalue weighted by Crippen LogP contribution is 2.30. The molecule has 1 fully saturated rings. The van der Waals surface area contributed by atoms with E-state index in [1.54, 1.807) is 23.1 Å². The average Bonchev–Trinajstić information content (AvgIpc) is 3.16. The zero-order valence-corrected chi connectivity index (χ0v) is 15.5. The van der Waals surface area contributed by atoms with E-state index in [0.29, 0.717) is 49.1 Å². The molecule has 1 aromatic carbocycles. The third kappa shape index (κ3) is 4.19. The van der Waals surface area contributed by atoms with Gasteiger partial charge >= 0.3 is 0 Å². The van der Waals surface area contributed by atoms with E-state index < -0.39 is 0 Å². The van der Waals surface area contributed by atoms with Crippen molar-refractivity contribution in [3.8, 4) is 0 Å². The summed E-state index contributed by atoms with van der Waals surface area (Å²) in [7, 11) is 0. The van der Waals surface area contributed by atoms with Gasteiger partial charge in [0.05, 0.1) is 17.0 Å². The highest BCUT2D eigenvalue weighted by atomic mass is 35.5. The molecule has 138 valence electrons. The van der Waals surface area contributed by atoms with Crippen LogP contribution in [0.5, 0.6) is 0 Å². The minimum atomic E-state index is -0.0882. The Kier molecular flexibility index (Phi) is 5.83. The minimum absolute atomic E-state index is 0.0126. The van der Waals surface area contributed by atoms with Crippen LogP contribution in [-0.4, -0.2) is 42.9 Å². The van der Waals surface area contributed by atoms with Gasteiger partial charge in [0, 0.05) is 38.3 Å². The van der Waals surface area contributed by atoms with Gasteiger partial charge in [0.25, 0.3) is 5.91 Å². The SMILES string of the molecule is CCCC(=O)Nc1ccc(N2CCN(C(=O)c3ccco3)CC2)c(Cl)c1. The molecule has 2 heterocycles. The molecule has 1 aromatic heterocycles. The number of furan rings is 1. The molecule has 0 saturated carbocycles. The standard InChI is InChI=1S/C19H22ClN3O3/c1-2-4-18(24)21-14-6-7-16(15(20)13-14)22-8-10-23(11-9-22)19(25)17-5-3-12-26-17/h3,5-7,12-13H,2,4,8-11H2,1H3,(H,21,24). The summed E-state index contributed by atoms with van der Waals surface area (Å²) in [6, 6.07) is 8.93. The van der Waals surface area contributed by atoms with E-state index in [4.69, 9.17) is 16.0 Å². The first-order valence-corrected chi connectivity index (χ1v) is 9.13. The number of halogens is 1. The highest BCUT2D eigenvalue weighted by Gasteiger charge is 2.24. The predicted octanol–water partition coefficient (Wildman–Crippen LogP) is 3.63. The van der Waals surface area contributed by atoms with E-state index in [-0.39, 0.29) is 11.8 Å². The van der Waals surface area contributed by atoms with Gasteiger partial charge in [-0.3, -0.25) is 9.59 Å². The van der Waals surface area contributed by atoms with Crippen LogP contribution >= 0.6 is 11.6 Å². The van der Waals surface area contributed by atoms with Crippen LogP contribution in [0.3, 0.4) is 0 Å². The van der Waals surface area contributed by atoms with E-state index in [1.807, 2.05) is 19.1 Å². The molecule has 1 aliphatic rings. The molecular weight excluding hydrogens is 354 g/mol. The summed E-state index contributed by atoms with van der Waals surface area (Å²) < 4.78 is 5.18. The summed E-state index contributed by atoms with van der Waals surface area (Å²) in [4.78, 5) is 27.9.